The maximum Gasteiger partial charge on any atom is 0.291 e. The number of hydrogen-bond acceptors (Lipinski definition) is 6. The molecule has 3 rings (SSSR count). The summed E-state index contributed by atoms with van der Waals surface area (Å²) in [6, 6.07) is 0.153. The number of ether oxygens (including phenoxy) is 1. The molecule has 1 saturated heterocycles. The maximum absolute atomic E-state index is 12.1. The van der Waals surface area contributed by atoms with E-state index in [1.807, 2.05) is 6.20 Å². The summed E-state index contributed by atoms with van der Waals surface area (Å²) in [6.45, 7) is 3.37. The minimum absolute atomic E-state index is 0.131. The maximum atomic E-state index is 12.1. The molecule has 1 aliphatic rings. The van der Waals surface area contributed by atoms with Crippen molar-refractivity contribution < 1.29 is 13.9 Å². The quantitative estimate of drug-likeness (QED) is 0.805. The van der Waals surface area contributed by atoms with Crippen molar-refractivity contribution in [2.45, 2.75) is 19.6 Å². The van der Waals surface area contributed by atoms with Gasteiger partial charge in [-0.25, -0.2) is 9.67 Å². The van der Waals surface area contributed by atoms with Crippen LogP contribution in [0.4, 0.5) is 0 Å². The Morgan fingerprint density at radius 2 is 2.35 bits per heavy atom. The molecule has 2 aromatic heterocycles. The van der Waals surface area contributed by atoms with Crippen molar-refractivity contribution in [1.29, 1.82) is 0 Å². The molecule has 0 atom stereocenters. The van der Waals surface area contributed by atoms with Gasteiger partial charge in [-0.1, -0.05) is 5.21 Å². The van der Waals surface area contributed by atoms with Gasteiger partial charge in [0.1, 0.15) is 5.69 Å². The van der Waals surface area contributed by atoms with Crippen molar-refractivity contribution in [1.82, 2.24) is 24.9 Å². The summed E-state index contributed by atoms with van der Waals surface area (Å²) in [5.74, 6) is 0.176. The first-order chi connectivity index (χ1) is 9.69. The smallest absolute Gasteiger partial charge is 0.291 e. The van der Waals surface area contributed by atoms with Gasteiger partial charge in [0, 0.05) is 20.2 Å². The number of methoxy groups -OCH3 is 1. The van der Waals surface area contributed by atoms with Gasteiger partial charge in [0.05, 0.1) is 24.5 Å². The zero-order valence-electron chi connectivity index (χ0n) is 11.3. The largest absolute Gasteiger partial charge is 0.438 e. The van der Waals surface area contributed by atoms with Crippen molar-refractivity contribution in [2.24, 2.45) is 0 Å². The Labute approximate surface area is 115 Å². The predicted octanol–water partition coefficient (Wildman–Crippen LogP) is 0.418. The average Bonchev–Trinajstić information content (AvgIpc) is 2.97. The minimum atomic E-state index is -0.131. The number of carbonyl (C=O) groups excluding carboxylic acids is 1. The van der Waals surface area contributed by atoms with Crippen LogP contribution in [0.25, 0.3) is 0 Å². The highest BCUT2D eigenvalue weighted by molar-refractivity contribution is 5.92. The van der Waals surface area contributed by atoms with E-state index in [1.54, 1.807) is 23.6 Å². The molecule has 106 valence electrons. The molecule has 2 aromatic rings. The van der Waals surface area contributed by atoms with Crippen molar-refractivity contribution in [3.05, 3.63) is 29.7 Å². The zero-order valence-corrected chi connectivity index (χ0v) is 11.3. The van der Waals surface area contributed by atoms with E-state index >= 15 is 0 Å². The minimum Gasteiger partial charge on any atom is -0.438 e. The molecule has 0 aliphatic carbocycles. The number of aromatic nitrogens is 4. The van der Waals surface area contributed by atoms with Crippen LogP contribution in [0.2, 0.25) is 0 Å². The summed E-state index contributed by atoms with van der Waals surface area (Å²) in [4.78, 5) is 17.7. The molecule has 0 saturated carbocycles. The molecule has 1 aliphatic heterocycles. The summed E-state index contributed by atoms with van der Waals surface area (Å²) >= 11 is 0. The highest BCUT2D eigenvalue weighted by atomic mass is 16.5. The number of amides is 1. The molecule has 3 heterocycles. The van der Waals surface area contributed by atoms with Gasteiger partial charge in [-0.15, -0.1) is 5.10 Å². The van der Waals surface area contributed by atoms with E-state index in [1.165, 1.54) is 6.39 Å². The third-order valence-electron chi connectivity index (χ3n) is 3.31. The van der Waals surface area contributed by atoms with E-state index in [0.29, 0.717) is 31.2 Å². The number of aryl methyl sites for hydroxylation is 1. The first-order valence-corrected chi connectivity index (χ1v) is 6.28. The molecule has 0 spiro atoms. The number of rotatable bonds is 4. The van der Waals surface area contributed by atoms with Gasteiger partial charge < -0.3 is 14.1 Å². The van der Waals surface area contributed by atoms with Gasteiger partial charge in [-0.2, -0.15) is 0 Å². The van der Waals surface area contributed by atoms with Crippen LogP contribution in [-0.2, 0) is 11.3 Å². The molecule has 0 unspecified atom stereocenters. The van der Waals surface area contributed by atoms with Gasteiger partial charge in [0.2, 0.25) is 5.76 Å². The lowest BCUT2D eigenvalue weighted by atomic mass is 10.1. The summed E-state index contributed by atoms with van der Waals surface area (Å²) in [6.07, 6.45) is 3.13. The molecule has 8 heteroatoms. The Morgan fingerprint density at radius 3 is 3.00 bits per heavy atom. The van der Waals surface area contributed by atoms with Gasteiger partial charge in [0.15, 0.2) is 6.39 Å². The number of carbonyl (C=O) groups is 1. The molecule has 1 fully saturated rings. The molecule has 0 radical (unpaired) electrons. The average molecular weight is 277 g/mol. The van der Waals surface area contributed by atoms with E-state index in [2.05, 4.69) is 15.3 Å². The molecule has 0 bridgehead atoms. The Balaban J connectivity index is 1.60. The van der Waals surface area contributed by atoms with Crippen molar-refractivity contribution >= 4 is 5.91 Å². The molecule has 8 nitrogen and oxygen atoms in total. The van der Waals surface area contributed by atoms with Crippen molar-refractivity contribution in [2.75, 3.05) is 20.2 Å². The van der Waals surface area contributed by atoms with Crippen LogP contribution in [0.3, 0.4) is 0 Å². The first-order valence-electron chi connectivity index (χ1n) is 6.28. The fourth-order valence-electron chi connectivity index (χ4n) is 2.15. The lowest BCUT2D eigenvalue weighted by molar-refractivity contribution is 0.0465. The fraction of sp³-hybridized carbons (Fsp3) is 0.500. The summed E-state index contributed by atoms with van der Waals surface area (Å²) in [7, 11) is 1.61. The van der Waals surface area contributed by atoms with Crippen LogP contribution in [-0.4, -0.2) is 51.0 Å². The first kappa shape index (κ1) is 12.8. The Hall–Kier alpha value is -2.22. The number of oxazole rings is 1. The zero-order chi connectivity index (χ0) is 14.1. The van der Waals surface area contributed by atoms with E-state index < -0.39 is 0 Å². The summed E-state index contributed by atoms with van der Waals surface area (Å²) in [5.41, 5.74) is 1.39. The number of likely N-dealkylation sites (tertiary alicyclic amines) is 1. The third-order valence-corrected chi connectivity index (χ3v) is 3.31. The third kappa shape index (κ3) is 2.18. The second-order valence-electron chi connectivity index (χ2n) is 4.75. The normalized spacial score (nSPS) is 15.4. The van der Waals surface area contributed by atoms with E-state index in [4.69, 9.17) is 9.15 Å². The molecule has 0 aromatic carbocycles. The molecular formula is C12H15N5O3. The second kappa shape index (κ2) is 5.04. The van der Waals surface area contributed by atoms with Gasteiger partial charge in [0.25, 0.3) is 5.91 Å². The van der Waals surface area contributed by atoms with E-state index in [9.17, 15) is 4.79 Å². The topological polar surface area (TPSA) is 86.3 Å². The van der Waals surface area contributed by atoms with E-state index in [0.717, 1.165) is 5.69 Å². The van der Waals surface area contributed by atoms with Gasteiger partial charge in [-0.3, -0.25) is 4.79 Å². The Kier molecular flexibility index (Phi) is 3.23. The number of hydrogen-bond donors (Lipinski definition) is 0. The Morgan fingerprint density at radius 1 is 1.55 bits per heavy atom. The van der Waals surface area contributed by atoms with Gasteiger partial charge in [-0.05, 0) is 6.92 Å². The van der Waals surface area contributed by atoms with Crippen LogP contribution in [0.1, 0.15) is 28.0 Å². The van der Waals surface area contributed by atoms with E-state index in [-0.39, 0.29) is 11.9 Å². The molecular weight excluding hydrogens is 262 g/mol. The van der Waals surface area contributed by atoms with Crippen LogP contribution >= 0.6 is 0 Å². The van der Waals surface area contributed by atoms with Crippen LogP contribution in [0.5, 0.6) is 0 Å². The van der Waals surface area contributed by atoms with Crippen molar-refractivity contribution in [3.8, 4) is 0 Å². The molecule has 20 heavy (non-hydrogen) atoms. The fourth-order valence-corrected chi connectivity index (χ4v) is 2.15. The van der Waals surface area contributed by atoms with Gasteiger partial charge >= 0.3 is 0 Å². The number of nitrogens with zero attached hydrogens (tertiary/aromatic N) is 5. The van der Waals surface area contributed by atoms with Crippen LogP contribution in [0, 0.1) is 6.92 Å². The SMILES string of the molecule is COCc1cn(C2CN(C(=O)c3ocnc3C)C2)nn1. The van der Waals surface area contributed by atoms with Crippen LogP contribution < -0.4 is 0 Å². The predicted molar refractivity (Wildman–Crippen MR) is 66.9 cm³/mol. The highest BCUT2D eigenvalue weighted by Crippen LogP contribution is 2.23. The lowest BCUT2D eigenvalue weighted by Gasteiger charge is -2.38. The van der Waals surface area contributed by atoms with Crippen molar-refractivity contribution in [3.63, 3.8) is 0 Å². The van der Waals surface area contributed by atoms with Crippen LogP contribution in [0.15, 0.2) is 17.0 Å². The highest BCUT2D eigenvalue weighted by Gasteiger charge is 2.35. The summed E-state index contributed by atoms with van der Waals surface area (Å²) < 4.78 is 11.9. The lowest BCUT2D eigenvalue weighted by Crippen LogP contribution is -2.51. The standard InChI is InChI=1S/C12H15N5O3/c1-8-11(20-7-13-8)12(18)16-4-10(5-16)17-3-9(6-19-2)14-15-17/h3,7,10H,4-6H2,1-2H3. The second-order valence-corrected chi connectivity index (χ2v) is 4.75. The molecule has 1 amide bonds. The monoisotopic (exact) mass is 277 g/mol. The molecule has 0 N–H and O–H groups in total. The Bertz CT molecular complexity index is 614. The summed E-state index contributed by atoms with van der Waals surface area (Å²) in [5, 5.41) is 8.04.